The molecule has 2 nitrogen and oxygen atoms in total. The maximum absolute atomic E-state index is 13.2. The largest absolute Gasteiger partial charge is 0.489 e. The maximum Gasteiger partial charge on any atom is 0.124 e. The Morgan fingerprint density at radius 1 is 1.20 bits per heavy atom. The molecule has 4 heteroatoms. The van der Waals surface area contributed by atoms with Crippen LogP contribution in [0.1, 0.15) is 30.5 Å². The molecule has 0 aliphatic heterocycles. The summed E-state index contributed by atoms with van der Waals surface area (Å²) in [6.07, 6.45) is 0.900. The molecule has 0 radical (unpaired) electrons. The van der Waals surface area contributed by atoms with Crippen molar-refractivity contribution in [1.82, 2.24) is 0 Å². The van der Waals surface area contributed by atoms with Gasteiger partial charge in [0, 0.05) is 10.5 Å². The molecule has 0 aliphatic carbocycles. The quantitative estimate of drug-likeness (QED) is 0.866. The molecule has 20 heavy (non-hydrogen) atoms. The summed E-state index contributed by atoms with van der Waals surface area (Å²) in [4.78, 5) is 0. The summed E-state index contributed by atoms with van der Waals surface area (Å²) >= 11 is 3.26. The summed E-state index contributed by atoms with van der Waals surface area (Å²) in [7, 11) is 0. The Balaban J connectivity index is 2.00. The molecular weight excluding hydrogens is 321 g/mol. The zero-order valence-electron chi connectivity index (χ0n) is 11.3. The molecule has 0 fully saturated rings. The third kappa shape index (κ3) is 4.05. The summed E-state index contributed by atoms with van der Waals surface area (Å²) in [6, 6.07) is 12.5. The van der Waals surface area contributed by atoms with Gasteiger partial charge in [0.05, 0.1) is 0 Å². The number of hydrogen-bond donors (Lipinski definition) is 1. The van der Waals surface area contributed by atoms with Crippen LogP contribution in [0.4, 0.5) is 4.39 Å². The Labute approximate surface area is 126 Å². The maximum atomic E-state index is 13.2. The molecule has 106 valence electrons. The van der Waals surface area contributed by atoms with Crippen LogP contribution < -0.4 is 10.5 Å². The van der Waals surface area contributed by atoms with Gasteiger partial charge in [-0.15, -0.1) is 0 Å². The summed E-state index contributed by atoms with van der Waals surface area (Å²) in [5.74, 6) is 0.472. The van der Waals surface area contributed by atoms with Gasteiger partial charge in [-0.2, -0.15) is 0 Å². The van der Waals surface area contributed by atoms with Crippen molar-refractivity contribution in [3.63, 3.8) is 0 Å². The number of halogens is 2. The van der Waals surface area contributed by atoms with Gasteiger partial charge in [0.1, 0.15) is 18.2 Å². The van der Waals surface area contributed by atoms with E-state index in [-0.39, 0.29) is 11.9 Å². The van der Waals surface area contributed by atoms with Crippen molar-refractivity contribution in [1.29, 1.82) is 0 Å². The standard InChI is InChI=1S/C16H17BrFNO/c1-2-16(19)12-3-5-15(6-4-12)20-10-11-7-13(17)9-14(18)8-11/h3-9,16H,2,10,19H2,1H3/t16-/m0/s1. The lowest BCUT2D eigenvalue weighted by Gasteiger charge is -2.11. The fourth-order valence-electron chi connectivity index (χ4n) is 1.91. The van der Waals surface area contributed by atoms with Crippen LogP contribution in [0.2, 0.25) is 0 Å². The van der Waals surface area contributed by atoms with E-state index in [2.05, 4.69) is 22.9 Å². The van der Waals surface area contributed by atoms with Crippen molar-refractivity contribution in [2.24, 2.45) is 5.73 Å². The molecule has 0 saturated heterocycles. The second-order valence-electron chi connectivity index (χ2n) is 4.65. The molecule has 0 saturated carbocycles. The number of ether oxygens (including phenoxy) is 1. The van der Waals surface area contributed by atoms with Crippen LogP contribution in [0.25, 0.3) is 0 Å². The van der Waals surface area contributed by atoms with Crippen LogP contribution in [0.5, 0.6) is 5.75 Å². The predicted molar refractivity (Wildman–Crippen MR) is 82.1 cm³/mol. The van der Waals surface area contributed by atoms with E-state index >= 15 is 0 Å². The lowest BCUT2D eigenvalue weighted by molar-refractivity contribution is 0.305. The number of nitrogens with two attached hydrogens (primary N) is 1. The Hall–Kier alpha value is -1.39. The third-order valence-corrected chi connectivity index (χ3v) is 3.53. The second-order valence-corrected chi connectivity index (χ2v) is 5.57. The smallest absolute Gasteiger partial charge is 0.124 e. The summed E-state index contributed by atoms with van der Waals surface area (Å²) in [5, 5.41) is 0. The van der Waals surface area contributed by atoms with Gasteiger partial charge in [-0.3, -0.25) is 0 Å². The van der Waals surface area contributed by atoms with Crippen LogP contribution >= 0.6 is 15.9 Å². The molecule has 0 heterocycles. The average Bonchev–Trinajstić information content (AvgIpc) is 2.44. The Morgan fingerprint density at radius 2 is 1.90 bits per heavy atom. The van der Waals surface area contributed by atoms with Gasteiger partial charge in [-0.05, 0) is 47.9 Å². The van der Waals surface area contributed by atoms with Crippen molar-refractivity contribution < 1.29 is 9.13 Å². The fourth-order valence-corrected chi connectivity index (χ4v) is 2.42. The zero-order chi connectivity index (χ0) is 14.5. The Kier molecular flexibility index (Phi) is 5.15. The number of rotatable bonds is 5. The minimum atomic E-state index is -0.276. The Bertz CT molecular complexity index is 551. The van der Waals surface area contributed by atoms with Crippen LogP contribution in [0.3, 0.4) is 0 Å². The van der Waals surface area contributed by atoms with Gasteiger partial charge in [0.25, 0.3) is 0 Å². The number of benzene rings is 2. The molecule has 0 aromatic heterocycles. The van der Waals surface area contributed by atoms with E-state index in [1.807, 2.05) is 30.3 Å². The predicted octanol–water partition coefficient (Wildman–Crippen LogP) is 4.58. The van der Waals surface area contributed by atoms with E-state index < -0.39 is 0 Å². The third-order valence-electron chi connectivity index (χ3n) is 3.08. The van der Waals surface area contributed by atoms with Gasteiger partial charge < -0.3 is 10.5 Å². The molecule has 0 aliphatic rings. The van der Waals surface area contributed by atoms with E-state index in [1.165, 1.54) is 12.1 Å². The topological polar surface area (TPSA) is 35.2 Å². The highest BCUT2D eigenvalue weighted by molar-refractivity contribution is 9.10. The van der Waals surface area contributed by atoms with Crippen molar-refractivity contribution in [2.75, 3.05) is 0 Å². The second kappa shape index (κ2) is 6.86. The van der Waals surface area contributed by atoms with Crippen LogP contribution in [0, 0.1) is 5.82 Å². The molecule has 2 aromatic carbocycles. The normalized spacial score (nSPS) is 12.2. The van der Waals surface area contributed by atoms with E-state index in [0.29, 0.717) is 11.1 Å². The average molecular weight is 338 g/mol. The molecule has 0 amide bonds. The molecular formula is C16H17BrFNO. The van der Waals surface area contributed by atoms with Crippen molar-refractivity contribution in [3.8, 4) is 5.75 Å². The van der Waals surface area contributed by atoms with E-state index in [4.69, 9.17) is 10.5 Å². The first-order valence-corrected chi connectivity index (χ1v) is 7.31. The monoisotopic (exact) mass is 337 g/mol. The first kappa shape index (κ1) is 15.0. The van der Waals surface area contributed by atoms with Gasteiger partial charge in [-0.1, -0.05) is 35.0 Å². The van der Waals surface area contributed by atoms with Crippen molar-refractivity contribution in [3.05, 3.63) is 63.9 Å². The minimum absolute atomic E-state index is 0.0585. The lowest BCUT2D eigenvalue weighted by Crippen LogP contribution is -2.08. The van der Waals surface area contributed by atoms with E-state index in [1.54, 1.807) is 0 Å². The van der Waals surface area contributed by atoms with Crippen LogP contribution in [-0.4, -0.2) is 0 Å². The molecule has 2 aromatic rings. The van der Waals surface area contributed by atoms with Crippen LogP contribution in [0.15, 0.2) is 46.9 Å². The fraction of sp³-hybridized carbons (Fsp3) is 0.250. The highest BCUT2D eigenvalue weighted by Crippen LogP contribution is 2.20. The van der Waals surface area contributed by atoms with Gasteiger partial charge in [-0.25, -0.2) is 4.39 Å². The molecule has 2 rings (SSSR count). The van der Waals surface area contributed by atoms with Gasteiger partial charge in [0.15, 0.2) is 0 Å². The molecule has 2 N–H and O–H groups in total. The zero-order valence-corrected chi connectivity index (χ0v) is 12.9. The molecule has 0 bridgehead atoms. The van der Waals surface area contributed by atoms with Crippen LogP contribution in [-0.2, 0) is 6.61 Å². The van der Waals surface area contributed by atoms with Crippen molar-refractivity contribution >= 4 is 15.9 Å². The Morgan fingerprint density at radius 3 is 2.50 bits per heavy atom. The van der Waals surface area contributed by atoms with Crippen molar-refractivity contribution in [2.45, 2.75) is 26.0 Å². The highest BCUT2D eigenvalue weighted by Gasteiger charge is 2.04. The van der Waals surface area contributed by atoms with Gasteiger partial charge in [0.2, 0.25) is 0 Å². The van der Waals surface area contributed by atoms with E-state index in [9.17, 15) is 4.39 Å². The first-order chi connectivity index (χ1) is 9.58. The molecule has 0 spiro atoms. The summed E-state index contributed by atoms with van der Waals surface area (Å²) in [6.45, 7) is 2.38. The van der Waals surface area contributed by atoms with E-state index in [0.717, 1.165) is 23.3 Å². The molecule has 1 atom stereocenters. The number of hydrogen-bond acceptors (Lipinski definition) is 2. The first-order valence-electron chi connectivity index (χ1n) is 6.52. The summed E-state index contributed by atoms with van der Waals surface area (Å²) < 4.78 is 19.6. The molecule has 0 unspecified atom stereocenters. The SMILES string of the molecule is CC[C@H](N)c1ccc(OCc2cc(F)cc(Br)c2)cc1. The van der Waals surface area contributed by atoms with Gasteiger partial charge >= 0.3 is 0 Å². The minimum Gasteiger partial charge on any atom is -0.489 e. The lowest BCUT2D eigenvalue weighted by atomic mass is 10.1. The highest BCUT2D eigenvalue weighted by atomic mass is 79.9. The summed E-state index contributed by atoms with van der Waals surface area (Å²) in [5.41, 5.74) is 7.83.